The SMILES string of the molecule is COC(=O)C(C(=O)OC)[C@H](C)[C@@H](NC(=O)Cc1ccc(F)c(F)c1)C(N)=O. The Morgan fingerprint density at radius 2 is 1.63 bits per heavy atom. The van der Waals surface area contributed by atoms with Crippen LogP contribution in [0.15, 0.2) is 18.2 Å². The highest BCUT2D eigenvalue weighted by Crippen LogP contribution is 2.20. The van der Waals surface area contributed by atoms with E-state index < -0.39 is 53.3 Å². The van der Waals surface area contributed by atoms with E-state index in [0.717, 1.165) is 26.4 Å². The van der Waals surface area contributed by atoms with E-state index in [9.17, 15) is 28.0 Å². The standard InChI is InChI=1S/C17H20F2N2O6/c1-8(13(16(24)26-2)17(25)27-3)14(15(20)23)21-12(22)7-9-4-5-10(18)11(19)6-9/h4-6,8,13-14H,7H2,1-3H3,(H2,20,23)(H,21,22)/t8-,14+/m0/s1. The van der Waals surface area contributed by atoms with E-state index >= 15 is 0 Å². The van der Waals surface area contributed by atoms with Gasteiger partial charge in [-0.2, -0.15) is 0 Å². The molecule has 2 amide bonds. The smallest absolute Gasteiger partial charge is 0.320 e. The second-order valence-corrected chi connectivity index (χ2v) is 5.76. The molecule has 148 valence electrons. The van der Waals surface area contributed by atoms with Crippen molar-refractivity contribution in [3.05, 3.63) is 35.4 Å². The number of hydrogen-bond donors (Lipinski definition) is 2. The summed E-state index contributed by atoms with van der Waals surface area (Å²) in [5.41, 5.74) is 5.43. The molecule has 1 rings (SSSR count). The van der Waals surface area contributed by atoms with Gasteiger partial charge in [0, 0.05) is 5.92 Å². The summed E-state index contributed by atoms with van der Waals surface area (Å²) in [4.78, 5) is 47.6. The summed E-state index contributed by atoms with van der Waals surface area (Å²) in [5, 5.41) is 2.29. The summed E-state index contributed by atoms with van der Waals surface area (Å²) in [6.45, 7) is 1.34. The Kier molecular flexibility index (Phi) is 7.82. The molecule has 10 heteroatoms. The topological polar surface area (TPSA) is 125 Å². The lowest BCUT2D eigenvalue weighted by atomic mass is 9.86. The number of primary amides is 1. The number of methoxy groups -OCH3 is 2. The Morgan fingerprint density at radius 1 is 1.07 bits per heavy atom. The van der Waals surface area contributed by atoms with Gasteiger partial charge in [0.15, 0.2) is 17.6 Å². The summed E-state index contributed by atoms with van der Waals surface area (Å²) in [5.74, 6) is -8.45. The lowest BCUT2D eigenvalue weighted by Crippen LogP contribution is -2.53. The van der Waals surface area contributed by atoms with Crippen LogP contribution in [0.1, 0.15) is 12.5 Å². The van der Waals surface area contributed by atoms with Gasteiger partial charge >= 0.3 is 11.9 Å². The molecule has 0 saturated heterocycles. The predicted octanol–water partition coefficient (Wildman–Crippen LogP) is 0.0757. The molecule has 0 aliphatic heterocycles. The fraction of sp³-hybridized carbons (Fsp3) is 0.412. The van der Waals surface area contributed by atoms with Crippen LogP contribution in [0.2, 0.25) is 0 Å². The minimum absolute atomic E-state index is 0.153. The minimum Gasteiger partial charge on any atom is -0.468 e. The zero-order chi connectivity index (χ0) is 20.7. The fourth-order valence-electron chi connectivity index (χ4n) is 2.49. The molecular formula is C17H20F2N2O6. The van der Waals surface area contributed by atoms with Gasteiger partial charge in [-0.25, -0.2) is 8.78 Å². The van der Waals surface area contributed by atoms with Gasteiger partial charge in [-0.15, -0.1) is 0 Å². The number of carbonyl (C=O) groups excluding carboxylic acids is 4. The highest BCUT2D eigenvalue weighted by molar-refractivity contribution is 5.97. The Morgan fingerprint density at radius 3 is 2.07 bits per heavy atom. The molecule has 0 fully saturated rings. The second kappa shape index (κ2) is 9.60. The van der Waals surface area contributed by atoms with Crippen molar-refractivity contribution in [3.63, 3.8) is 0 Å². The van der Waals surface area contributed by atoms with Crippen molar-refractivity contribution in [1.29, 1.82) is 0 Å². The third kappa shape index (κ3) is 5.73. The maximum Gasteiger partial charge on any atom is 0.320 e. The number of hydrogen-bond acceptors (Lipinski definition) is 6. The Bertz CT molecular complexity index is 724. The minimum atomic E-state index is -1.50. The first kappa shape index (κ1) is 22.0. The van der Waals surface area contributed by atoms with E-state index in [2.05, 4.69) is 14.8 Å². The summed E-state index contributed by atoms with van der Waals surface area (Å²) < 4.78 is 35.2. The number of rotatable bonds is 8. The Balaban J connectivity index is 2.97. The van der Waals surface area contributed by atoms with Gasteiger partial charge < -0.3 is 20.5 Å². The molecule has 0 heterocycles. The maximum absolute atomic E-state index is 13.2. The van der Waals surface area contributed by atoms with Crippen LogP contribution in [0.25, 0.3) is 0 Å². The number of halogens is 2. The number of benzene rings is 1. The van der Waals surface area contributed by atoms with Crippen molar-refractivity contribution >= 4 is 23.8 Å². The van der Waals surface area contributed by atoms with Crippen LogP contribution in [0, 0.1) is 23.5 Å². The van der Waals surface area contributed by atoms with Gasteiger partial charge in [-0.05, 0) is 17.7 Å². The van der Waals surface area contributed by atoms with Gasteiger partial charge in [0.05, 0.1) is 20.6 Å². The number of nitrogens with one attached hydrogen (secondary N) is 1. The summed E-state index contributed by atoms with van der Waals surface area (Å²) in [7, 11) is 2.10. The first-order valence-corrected chi connectivity index (χ1v) is 7.80. The largest absolute Gasteiger partial charge is 0.468 e. The van der Waals surface area contributed by atoms with Gasteiger partial charge in [0.25, 0.3) is 0 Å². The summed E-state index contributed by atoms with van der Waals surface area (Å²) in [6, 6.07) is 1.48. The Labute approximate surface area is 154 Å². The van der Waals surface area contributed by atoms with Crippen LogP contribution in [0.3, 0.4) is 0 Å². The van der Waals surface area contributed by atoms with Crippen molar-refractivity contribution in [1.82, 2.24) is 5.32 Å². The van der Waals surface area contributed by atoms with Crippen LogP contribution in [-0.2, 0) is 35.1 Å². The van der Waals surface area contributed by atoms with Gasteiger partial charge in [-0.1, -0.05) is 13.0 Å². The normalized spacial score (nSPS) is 12.8. The van der Waals surface area contributed by atoms with E-state index in [1.807, 2.05) is 0 Å². The van der Waals surface area contributed by atoms with Crippen molar-refractivity contribution < 1.29 is 37.4 Å². The number of ether oxygens (including phenoxy) is 2. The van der Waals surface area contributed by atoms with Crippen LogP contribution >= 0.6 is 0 Å². The number of amides is 2. The molecule has 0 saturated carbocycles. The predicted molar refractivity (Wildman–Crippen MR) is 87.9 cm³/mol. The van der Waals surface area contributed by atoms with Crippen molar-refractivity contribution in [3.8, 4) is 0 Å². The van der Waals surface area contributed by atoms with Gasteiger partial charge in [0.1, 0.15) is 6.04 Å². The lowest BCUT2D eigenvalue weighted by Gasteiger charge is -2.26. The van der Waals surface area contributed by atoms with Crippen LogP contribution in [0.4, 0.5) is 8.78 Å². The molecule has 0 aliphatic carbocycles. The molecule has 3 N–H and O–H groups in total. The van der Waals surface area contributed by atoms with Crippen LogP contribution in [-0.4, -0.2) is 44.0 Å². The van der Waals surface area contributed by atoms with Gasteiger partial charge in [0.2, 0.25) is 11.8 Å². The first-order valence-electron chi connectivity index (χ1n) is 7.80. The molecule has 1 aromatic rings. The number of nitrogens with two attached hydrogens (primary N) is 1. The van der Waals surface area contributed by atoms with Crippen LogP contribution < -0.4 is 11.1 Å². The maximum atomic E-state index is 13.2. The molecule has 27 heavy (non-hydrogen) atoms. The fourth-order valence-corrected chi connectivity index (χ4v) is 2.49. The Hall–Kier alpha value is -3.04. The average molecular weight is 386 g/mol. The molecule has 0 spiro atoms. The van der Waals surface area contributed by atoms with E-state index in [4.69, 9.17) is 5.73 Å². The third-order valence-corrected chi connectivity index (χ3v) is 3.93. The van der Waals surface area contributed by atoms with E-state index in [1.54, 1.807) is 0 Å². The molecule has 2 atom stereocenters. The molecule has 0 bridgehead atoms. The van der Waals surface area contributed by atoms with Crippen molar-refractivity contribution in [2.75, 3.05) is 14.2 Å². The number of carbonyl (C=O) groups is 4. The zero-order valence-electron chi connectivity index (χ0n) is 15.0. The molecular weight excluding hydrogens is 366 g/mol. The van der Waals surface area contributed by atoms with Crippen molar-refractivity contribution in [2.45, 2.75) is 19.4 Å². The van der Waals surface area contributed by atoms with E-state index in [1.165, 1.54) is 13.0 Å². The molecule has 0 radical (unpaired) electrons. The average Bonchev–Trinajstić information content (AvgIpc) is 2.62. The zero-order valence-corrected chi connectivity index (χ0v) is 15.0. The van der Waals surface area contributed by atoms with E-state index in [0.29, 0.717) is 0 Å². The third-order valence-electron chi connectivity index (χ3n) is 3.93. The molecule has 0 aromatic heterocycles. The molecule has 1 aromatic carbocycles. The molecule has 0 unspecified atom stereocenters. The highest BCUT2D eigenvalue weighted by atomic mass is 19.2. The molecule has 0 aliphatic rings. The number of esters is 2. The highest BCUT2D eigenvalue weighted by Gasteiger charge is 2.41. The second-order valence-electron chi connectivity index (χ2n) is 5.76. The summed E-state index contributed by atoms with van der Waals surface area (Å²) in [6.07, 6.45) is -0.380. The first-order chi connectivity index (χ1) is 12.6. The van der Waals surface area contributed by atoms with Gasteiger partial charge in [-0.3, -0.25) is 19.2 Å². The van der Waals surface area contributed by atoms with Crippen molar-refractivity contribution in [2.24, 2.45) is 17.6 Å². The molecule has 8 nitrogen and oxygen atoms in total. The van der Waals surface area contributed by atoms with E-state index in [-0.39, 0.29) is 12.0 Å². The monoisotopic (exact) mass is 386 g/mol. The quantitative estimate of drug-likeness (QED) is 0.481. The lowest BCUT2D eigenvalue weighted by molar-refractivity contribution is -0.162. The van der Waals surface area contributed by atoms with Crippen LogP contribution in [0.5, 0.6) is 0 Å². The summed E-state index contributed by atoms with van der Waals surface area (Å²) >= 11 is 0.